The molecule has 2 aromatic heterocycles. The third-order valence-electron chi connectivity index (χ3n) is 8.41. The number of nitrogens with zero attached hydrogens (tertiary/aromatic N) is 6. The Bertz CT molecular complexity index is 1460. The molecule has 1 aliphatic carbocycles. The van der Waals surface area contributed by atoms with Gasteiger partial charge in [-0.05, 0) is 50.9 Å². The summed E-state index contributed by atoms with van der Waals surface area (Å²) >= 11 is 0. The number of nitrogens with two attached hydrogens (primary N) is 1. The Morgan fingerprint density at radius 1 is 0.951 bits per heavy atom. The summed E-state index contributed by atoms with van der Waals surface area (Å²) in [6, 6.07) is 15.5. The summed E-state index contributed by atoms with van der Waals surface area (Å²) in [6.45, 7) is 2.04. The SMILES string of the molecule is CN1CCN(C2CCC(n3nc(-c4ccc(NCc5ccccc5OC(F)F)cc4)c4c(N)ncnc43)CC2)CC1. The second kappa shape index (κ2) is 12.0. The van der Waals surface area contributed by atoms with Crippen LogP contribution in [0.5, 0.6) is 5.75 Å². The lowest BCUT2D eigenvalue weighted by Gasteiger charge is -2.41. The summed E-state index contributed by atoms with van der Waals surface area (Å²) < 4.78 is 32.2. The van der Waals surface area contributed by atoms with E-state index in [1.54, 1.807) is 24.3 Å². The second-order valence-electron chi connectivity index (χ2n) is 11.0. The van der Waals surface area contributed by atoms with Crippen LogP contribution >= 0.6 is 0 Å². The Morgan fingerprint density at radius 2 is 1.66 bits per heavy atom. The molecule has 0 unspecified atom stereocenters. The van der Waals surface area contributed by atoms with E-state index in [0.29, 0.717) is 24.0 Å². The number of piperazine rings is 1. The van der Waals surface area contributed by atoms with Crippen LogP contribution in [-0.4, -0.2) is 75.4 Å². The van der Waals surface area contributed by atoms with Gasteiger partial charge in [-0.3, -0.25) is 4.90 Å². The smallest absolute Gasteiger partial charge is 0.387 e. The number of likely N-dealkylation sites (N-methyl/N-ethyl adjacent to an activating group) is 1. The van der Waals surface area contributed by atoms with Gasteiger partial charge in [-0.15, -0.1) is 0 Å². The van der Waals surface area contributed by atoms with Crippen molar-refractivity contribution in [1.82, 2.24) is 29.5 Å². The van der Waals surface area contributed by atoms with E-state index in [0.717, 1.165) is 79.8 Å². The molecule has 2 aliphatic rings. The van der Waals surface area contributed by atoms with Crippen molar-refractivity contribution >= 4 is 22.5 Å². The average molecular weight is 563 g/mol. The molecule has 1 saturated heterocycles. The third kappa shape index (κ3) is 5.96. The highest BCUT2D eigenvalue weighted by atomic mass is 19.3. The maximum atomic E-state index is 12.8. The zero-order valence-corrected chi connectivity index (χ0v) is 23.2. The number of aromatic nitrogens is 4. The monoisotopic (exact) mass is 562 g/mol. The van der Waals surface area contributed by atoms with Crippen LogP contribution in [0, 0.1) is 0 Å². The first-order valence-corrected chi connectivity index (χ1v) is 14.2. The Morgan fingerprint density at radius 3 is 2.39 bits per heavy atom. The van der Waals surface area contributed by atoms with E-state index >= 15 is 0 Å². The first kappa shape index (κ1) is 27.3. The second-order valence-corrected chi connectivity index (χ2v) is 11.0. The van der Waals surface area contributed by atoms with Crippen molar-refractivity contribution in [1.29, 1.82) is 0 Å². The molecule has 3 N–H and O–H groups in total. The predicted octanol–water partition coefficient (Wildman–Crippen LogP) is 5.02. The molecule has 9 nitrogen and oxygen atoms in total. The van der Waals surface area contributed by atoms with Gasteiger partial charge in [-0.2, -0.15) is 13.9 Å². The van der Waals surface area contributed by atoms with E-state index in [4.69, 9.17) is 10.8 Å². The van der Waals surface area contributed by atoms with E-state index in [-0.39, 0.29) is 11.8 Å². The number of anilines is 2. The molecule has 6 rings (SSSR count). The van der Waals surface area contributed by atoms with Crippen molar-refractivity contribution in [3.8, 4) is 17.0 Å². The number of nitrogens with one attached hydrogen (secondary N) is 1. The molecule has 0 atom stereocenters. The fourth-order valence-corrected chi connectivity index (χ4v) is 6.11. The first-order valence-electron chi connectivity index (χ1n) is 14.2. The minimum Gasteiger partial charge on any atom is -0.434 e. The van der Waals surface area contributed by atoms with E-state index in [1.807, 2.05) is 24.3 Å². The Labute approximate surface area is 238 Å². The summed E-state index contributed by atoms with van der Waals surface area (Å²) in [6.07, 6.45) is 5.92. The number of ether oxygens (including phenoxy) is 1. The van der Waals surface area contributed by atoms with E-state index < -0.39 is 6.61 Å². The van der Waals surface area contributed by atoms with Gasteiger partial charge in [0.2, 0.25) is 0 Å². The van der Waals surface area contributed by atoms with Crippen LogP contribution in [0.25, 0.3) is 22.3 Å². The molecule has 11 heteroatoms. The highest BCUT2D eigenvalue weighted by Crippen LogP contribution is 2.37. The summed E-state index contributed by atoms with van der Waals surface area (Å²) in [4.78, 5) is 13.9. The summed E-state index contributed by atoms with van der Waals surface area (Å²) in [5.41, 5.74) is 10.3. The number of benzene rings is 2. The van der Waals surface area contributed by atoms with Gasteiger partial charge in [0.1, 0.15) is 23.6 Å². The molecule has 2 fully saturated rings. The van der Waals surface area contributed by atoms with Gasteiger partial charge in [-0.25, -0.2) is 14.6 Å². The van der Waals surface area contributed by atoms with Crippen LogP contribution < -0.4 is 15.8 Å². The highest BCUT2D eigenvalue weighted by Gasteiger charge is 2.30. The van der Waals surface area contributed by atoms with Gasteiger partial charge in [0.25, 0.3) is 0 Å². The van der Waals surface area contributed by atoms with Gasteiger partial charge in [0.15, 0.2) is 5.65 Å². The molecule has 1 saturated carbocycles. The van der Waals surface area contributed by atoms with E-state index in [9.17, 15) is 8.78 Å². The van der Waals surface area contributed by atoms with Crippen LogP contribution in [0.4, 0.5) is 20.3 Å². The van der Waals surface area contributed by atoms with Crippen molar-refractivity contribution in [2.24, 2.45) is 0 Å². The highest BCUT2D eigenvalue weighted by molar-refractivity contribution is 5.98. The fourth-order valence-electron chi connectivity index (χ4n) is 6.11. The molecule has 1 aliphatic heterocycles. The van der Waals surface area contributed by atoms with E-state index in [2.05, 4.69) is 41.6 Å². The zero-order chi connectivity index (χ0) is 28.3. The van der Waals surface area contributed by atoms with Crippen molar-refractivity contribution in [2.75, 3.05) is 44.3 Å². The standard InChI is InChI=1S/C30H36F2N8O/c1-38-14-16-39(17-15-38)23-10-12-24(13-11-23)40-29-26(28(33)35-19-36-29)27(37-40)20-6-8-22(9-7-20)34-18-21-4-2-3-5-25(21)41-30(31)32/h2-9,19,23-24,30,34H,10-18H2,1H3,(H2,33,35,36). The minimum atomic E-state index is -2.87. The number of alkyl halides is 2. The first-order chi connectivity index (χ1) is 20.0. The van der Waals surface area contributed by atoms with Gasteiger partial charge >= 0.3 is 6.61 Å². The van der Waals surface area contributed by atoms with Gasteiger partial charge in [0, 0.05) is 55.6 Å². The maximum Gasteiger partial charge on any atom is 0.387 e. The normalized spacial score (nSPS) is 20.5. The fraction of sp³-hybridized carbons (Fsp3) is 0.433. The molecule has 0 bridgehead atoms. The van der Waals surface area contributed by atoms with Gasteiger partial charge in [0.05, 0.1) is 11.4 Å². The molecule has 4 aromatic rings. The predicted molar refractivity (Wildman–Crippen MR) is 156 cm³/mol. The number of nitrogen functional groups attached to an aromatic ring is 1. The van der Waals surface area contributed by atoms with Crippen LogP contribution in [0.3, 0.4) is 0 Å². The molecule has 41 heavy (non-hydrogen) atoms. The number of para-hydroxylation sites is 1. The molecular weight excluding hydrogens is 526 g/mol. The van der Waals surface area contributed by atoms with Crippen molar-refractivity contribution in [3.05, 3.63) is 60.4 Å². The third-order valence-corrected chi connectivity index (χ3v) is 8.41. The zero-order valence-electron chi connectivity index (χ0n) is 23.2. The Balaban J connectivity index is 1.18. The Hall–Kier alpha value is -3.83. The maximum absolute atomic E-state index is 12.8. The number of rotatable bonds is 8. The lowest BCUT2D eigenvalue weighted by molar-refractivity contribution is -0.0504. The molecule has 216 valence electrons. The van der Waals surface area contributed by atoms with Gasteiger partial charge < -0.3 is 20.7 Å². The summed E-state index contributed by atoms with van der Waals surface area (Å²) in [7, 11) is 2.20. The van der Waals surface area contributed by atoms with Crippen LogP contribution in [0.1, 0.15) is 37.3 Å². The topological polar surface area (TPSA) is 97.4 Å². The number of halogens is 2. The Kier molecular flexibility index (Phi) is 7.97. The molecule has 2 aromatic carbocycles. The van der Waals surface area contributed by atoms with Crippen LogP contribution in [-0.2, 0) is 6.54 Å². The van der Waals surface area contributed by atoms with Crippen molar-refractivity contribution < 1.29 is 13.5 Å². The van der Waals surface area contributed by atoms with Crippen molar-refractivity contribution in [2.45, 2.75) is 50.9 Å². The lowest BCUT2D eigenvalue weighted by Crippen LogP contribution is -2.49. The number of hydrogen-bond acceptors (Lipinski definition) is 8. The number of hydrogen-bond donors (Lipinski definition) is 2. The quantitative estimate of drug-likeness (QED) is 0.309. The van der Waals surface area contributed by atoms with Crippen LogP contribution in [0.2, 0.25) is 0 Å². The molecule has 3 heterocycles. The average Bonchev–Trinajstić information content (AvgIpc) is 3.38. The largest absolute Gasteiger partial charge is 0.434 e. The molecule has 0 radical (unpaired) electrons. The lowest BCUT2D eigenvalue weighted by atomic mass is 9.90. The van der Waals surface area contributed by atoms with Crippen molar-refractivity contribution in [3.63, 3.8) is 0 Å². The number of fused-ring (bicyclic) bond motifs is 1. The van der Waals surface area contributed by atoms with Gasteiger partial charge in [-0.1, -0.05) is 30.3 Å². The molecule has 0 amide bonds. The summed E-state index contributed by atoms with van der Waals surface area (Å²) in [5.74, 6) is 0.580. The van der Waals surface area contributed by atoms with E-state index in [1.165, 1.54) is 6.33 Å². The summed E-state index contributed by atoms with van der Waals surface area (Å²) in [5, 5.41) is 9.12. The minimum absolute atomic E-state index is 0.164. The molecular formula is C30H36F2N8O. The van der Waals surface area contributed by atoms with Crippen LogP contribution in [0.15, 0.2) is 54.9 Å². The molecule has 0 spiro atoms.